The van der Waals surface area contributed by atoms with Crippen LogP contribution < -0.4 is 5.56 Å². The first-order valence-corrected chi connectivity index (χ1v) is 9.41. The standard InChI is InChI=1S/C12H17ClN2O4S2/c1-19-4-3-15(9-2-5-20-8-9)21(17,18)10-6-11(13)12(16)14-7-10/h6-7,9H,2-5,8H2,1H3,(H,14,16). The van der Waals surface area contributed by atoms with E-state index in [-0.39, 0.29) is 22.5 Å². The van der Waals surface area contributed by atoms with E-state index < -0.39 is 15.6 Å². The van der Waals surface area contributed by atoms with Gasteiger partial charge in [-0.25, -0.2) is 8.42 Å². The maximum absolute atomic E-state index is 12.8. The van der Waals surface area contributed by atoms with Crippen LogP contribution in [-0.4, -0.2) is 55.5 Å². The molecule has 1 unspecified atom stereocenters. The van der Waals surface area contributed by atoms with Gasteiger partial charge in [0.15, 0.2) is 0 Å². The second-order valence-corrected chi connectivity index (χ2v) is 8.09. The maximum Gasteiger partial charge on any atom is 0.266 e. The summed E-state index contributed by atoms with van der Waals surface area (Å²) in [6, 6.07) is 1.14. The number of ether oxygens (including phenoxy) is 1. The average Bonchev–Trinajstić information content (AvgIpc) is 2.96. The number of nitrogens with zero attached hydrogens (tertiary/aromatic N) is 1. The number of rotatable bonds is 6. The monoisotopic (exact) mass is 352 g/mol. The highest BCUT2D eigenvalue weighted by Gasteiger charge is 2.33. The molecule has 1 atom stereocenters. The van der Waals surface area contributed by atoms with Gasteiger partial charge < -0.3 is 9.72 Å². The van der Waals surface area contributed by atoms with E-state index in [1.165, 1.54) is 23.7 Å². The minimum atomic E-state index is -3.71. The summed E-state index contributed by atoms with van der Waals surface area (Å²) in [6.07, 6.45) is 2.00. The van der Waals surface area contributed by atoms with Crippen molar-refractivity contribution in [3.8, 4) is 0 Å². The van der Waals surface area contributed by atoms with Crippen LogP contribution in [-0.2, 0) is 14.8 Å². The lowest BCUT2D eigenvalue weighted by atomic mass is 10.3. The van der Waals surface area contributed by atoms with Crippen LogP contribution >= 0.6 is 23.4 Å². The number of thioether (sulfide) groups is 1. The van der Waals surface area contributed by atoms with Gasteiger partial charge in [-0.3, -0.25) is 4.79 Å². The van der Waals surface area contributed by atoms with E-state index in [0.29, 0.717) is 6.61 Å². The van der Waals surface area contributed by atoms with Crippen molar-refractivity contribution in [1.82, 2.24) is 9.29 Å². The van der Waals surface area contributed by atoms with Crippen LogP contribution in [0.5, 0.6) is 0 Å². The number of hydrogen-bond acceptors (Lipinski definition) is 5. The predicted octanol–water partition coefficient (Wildman–Crippen LogP) is 1.17. The summed E-state index contributed by atoms with van der Waals surface area (Å²) in [5.41, 5.74) is -0.504. The zero-order chi connectivity index (χ0) is 15.5. The van der Waals surface area contributed by atoms with Gasteiger partial charge in [0.05, 0.1) is 11.5 Å². The third kappa shape index (κ3) is 3.81. The van der Waals surface area contributed by atoms with Gasteiger partial charge in [0.2, 0.25) is 10.0 Å². The predicted molar refractivity (Wildman–Crippen MR) is 83.6 cm³/mol. The highest BCUT2D eigenvalue weighted by Crippen LogP contribution is 2.27. The van der Waals surface area contributed by atoms with Gasteiger partial charge in [0, 0.05) is 31.6 Å². The fraction of sp³-hybridized carbons (Fsp3) is 0.583. The van der Waals surface area contributed by atoms with Gasteiger partial charge in [0.25, 0.3) is 5.56 Å². The maximum atomic E-state index is 12.8. The Balaban J connectivity index is 2.35. The minimum Gasteiger partial charge on any atom is -0.383 e. The molecular formula is C12H17ClN2O4S2. The van der Waals surface area contributed by atoms with E-state index in [4.69, 9.17) is 16.3 Å². The second-order valence-electron chi connectivity index (χ2n) is 4.64. The quantitative estimate of drug-likeness (QED) is 0.831. The van der Waals surface area contributed by atoms with Gasteiger partial charge in [-0.2, -0.15) is 16.1 Å². The number of aromatic nitrogens is 1. The molecule has 118 valence electrons. The molecular weight excluding hydrogens is 336 g/mol. The molecule has 1 aromatic rings. The molecule has 21 heavy (non-hydrogen) atoms. The number of hydrogen-bond donors (Lipinski definition) is 1. The lowest BCUT2D eigenvalue weighted by Gasteiger charge is -2.27. The molecule has 0 aliphatic carbocycles. The van der Waals surface area contributed by atoms with Crippen LogP contribution in [0.1, 0.15) is 6.42 Å². The number of halogens is 1. The third-order valence-corrected chi connectivity index (χ3v) is 6.62. The van der Waals surface area contributed by atoms with Crippen LogP contribution in [0.3, 0.4) is 0 Å². The first-order chi connectivity index (χ1) is 9.96. The molecule has 6 nitrogen and oxygen atoms in total. The fourth-order valence-electron chi connectivity index (χ4n) is 2.15. The lowest BCUT2D eigenvalue weighted by molar-refractivity contribution is 0.169. The molecule has 1 aliphatic rings. The molecule has 1 fully saturated rings. The third-order valence-electron chi connectivity index (χ3n) is 3.27. The van der Waals surface area contributed by atoms with E-state index in [1.807, 2.05) is 0 Å². The Labute approximate surface area is 132 Å². The Kier molecular flexibility index (Phi) is 5.73. The molecule has 0 bridgehead atoms. The first-order valence-electron chi connectivity index (χ1n) is 6.43. The average molecular weight is 353 g/mol. The Morgan fingerprint density at radius 2 is 2.33 bits per heavy atom. The van der Waals surface area contributed by atoms with Gasteiger partial charge in [-0.05, 0) is 18.2 Å². The zero-order valence-electron chi connectivity index (χ0n) is 11.5. The van der Waals surface area contributed by atoms with Crippen LogP contribution in [0.25, 0.3) is 0 Å². The molecule has 0 radical (unpaired) electrons. The smallest absolute Gasteiger partial charge is 0.266 e. The normalized spacial score (nSPS) is 19.3. The van der Waals surface area contributed by atoms with E-state index in [1.54, 1.807) is 11.8 Å². The summed E-state index contributed by atoms with van der Waals surface area (Å²) in [7, 11) is -2.18. The topological polar surface area (TPSA) is 79.5 Å². The van der Waals surface area contributed by atoms with E-state index >= 15 is 0 Å². The van der Waals surface area contributed by atoms with Crippen LogP contribution in [0, 0.1) is 0 Å². The van der Waals surface area contributed by atoms with Gasteiger partial charge in [-0.1, -0.05) is 11.6 Å². The number of H-pyrrole nitrogens is 1. The van der Waals surface area contributed by atoms with E-state index in [9.17, 15) is 13.2 Å². The molecule has 9 heteroatoms. The van der Waals surface area contributed by atoms with Crippen molar-refractivity contribution in [3.63, 3.8) is 0 Å². The molecule has 2 rings (SSSR count). The van der Waals surface area contributed by atoms with Crippen LogP contribution in [0.4, 0.5) is 0 Å². The van der Waals surface area contributed by atoms with Crippen LogP contribution in [0.15, 0.2) is 22.0 Å². The number of methoxy groups -OCH3 is 1. The lowest BCUT2D eigenvalue weighted by Crippen LogP contribution is -2.42. The molecule has 1 aromatic heterocycles. The minimum absolute atomic E-state index is 0.0000954. The Morgan fingerprint density at radius 1 is 1.57 bits per heavy atom. The molecule has 0 aromatic carbocycles. The SMILES string of the molecule is COCCN(C1CCSC1)S(=O)(=O)c1c[nH]c(=O)c(Cl)c1. The van der Waals surface area contributed by atoms with Crippen molar-refractivity contribution in [2.75, 3.05) is 31.8 Å². The number of aromatic amines is 1. The molecule has 0 amide bonds. The van der Waals surface area contributed by atoms with Gasteiger partial charge in [0.1, 0.15) is 5.02 Å². The molecule has 1 aliphatic heterocycles. The van der Waals surface area contributed by atoms with E-state index in [2.05, 4.69) is 4.98 Å². The molecule has 1 saturated heterocycles. The van der Waals surface area contributed by atoms with Crippen molar-refractivity contribution < 1.29 is 13.2 Å². The highest BCUT2D eigenvalue weighted by molar-refractivity contribution is 7.99. The van der Waals surface area contributed by atoms with E-state index in [0.717, 1.165) is 17.9 Å². The van der Waals surface area contributed by atoms with Crippen molar-refractivity contribution in [1.29, 1.82) is 0 Å². The summed E-state index contributed by atoms with van der Waals surface area (Å²) < 4.78 is 32.0. The number of sulfonamides is 1. The molecule has 0 saturated carbocycles. The summed E-state index contributed by atoms with van der Waals surface area (Å²) in [6.45, 7) is 0.596. The zero-order valence-corrected chi connectivity index (χ0v) is 13.9. The molecule has 1 N–H and O–H groups in total. The van der Waals surface area contributed by atoms with Crippen molar-refractivity contribution in [2.45, 2.75) is 17.4 Å². The summed E-state index contributed by atoms with van der Waals surface area (Å²) in [5, 5.41) is -0.136. The van der Waals surface area contributed by atoms with Gasteiger partial charge in [-0.15, -0.1) is 0 Å². The Morgan fingerprint density at radius 3 is 2.90 bits per heavy atom. The van der Waals surface area contributed by atoms with Crippen molar-refractivity contribution in [2.24, 2.45) is 0 Å². The largest absolute Gasteiger partial charge is 0.383 e. The van der Waals surface area contributed by atoms with Crippen LogP contribution in [0.2, 0.25) is 5.02 Å². The second kappa shape index (κ2) is 7.15. The van der Waals surface area contributed by atoms with Crippen molar-refractivity contribution in [3.05, 3.63) is 27.6 Å². The Bertz CT molecular complexity index is 641. The van der Waals surface area contributed by atoms with Crippen molar-refractivity contribution >= 4 is 33.4 Å². The summed E-state index contributed by atoms with van der Waals surface area (Å²) >= 11 is 7.46. The molecule has 0 spiro atoms. The Hall–Kier alpha value is -0.540. The number of nitrogens with one attached hydrogen (secondary N) is 1. The van der Waals surface area contributed by atoms with Gasteiger partial charge >= 0.3 is 0 Å². The number of pyridine rings is 1. The summed E-state index contributed by atoms with van der Waals surface area (Å²) in [4.78, 5) is 13.6. The summed E-state index contributed by atoms with van der Waals surface area (Å²) in [5.74, 6) is 1.70. The first kappa shape index (κ1) is 16.8. The molecule has 2 heterocycles. The fourth-order valence-corrected chi connectivity index (χ4v) is 5.34. The highest BCUT2D eigenvalue weighted by atomic mass is 35.5.